The fraction of sp³-hybridized carbons (Fsp3) is 0. The van der Waals surface area contributed by atoms with E-state index in [9.17, 15) is 9.18 Å². The van der Waals surface area contributed by atoms with Gasteiger partial charge in [-0.3, -0.25) is 4.98 Å². The van der Waals surface area contributed by atoms with E-state index in [0.29, 0.717) is 17.1 Å². The highest BCUT2D eigenvalue weighted by Crippen LogP contribution is 2.16. The van der Waals surface area contributed by atoms with Gasteiger partial charge in [-0.25, -0.2) is 9.18 Å². The number of hydrogen-bond acceptors (Lipinski definition) is 3. The summed E-state index contributed by atoms with van der Waals surface area (Å²) in [7, 11) is 0. The average Bonchev–Trinajstić information content (AvgIpc) is 2.32. The maximum Gasteiger partial charge on any atom is 0.323 e. The maximum atomic E-state index is 12.9. The van der Waals surface area contributed by atoms with Crippen LogP contribution in [0.4, 0.5) is 26.2 Å². The van der Waals surface area contributed by atoms with Crippen molar-refractivity contribution in [3.8, 4) is 0 Å². The lowest BCUT2D eigenvalue weighted by Crippen LogP contribution is -2.20. The first-order valence-electron chi connectivity index (χ1n) is 5.18. The van der Waals surface area contributed by atoms with Crippen LogP contribution >= 0.6 is 0 Å². The van der Waals surface area contributed by atoms with Gasteiger partial charge in [0.05, 0.1) is 17.6 Å². The van der Waals surface area contributed by atoms with Gasteiger partial charge in [-0.15, -0.1) is 0 Å². The lowest BCUT2D eigenvalue weighted by atomic mass is 10.3. The van der Waals surface area contributed by atoms with Gasteiger partial charge in [0.15, 0.2) is 0 Å². The summed E-state index contributed by atoms with van der Waals surface area (Å²) < 4.78 is 12.9. The van der Waals surface area contributed by atoms with Crippen molar-refractivity contribution in [2.75, 3.05) is 16.4 Å². The molecule has 2 amide bonds. The minimum atomic E-state index is -0.501. The molecule has 4 N–H and O–H groups in total. The molecule has 0 saturated heterocycles. The van der Waals surface area contributed by atoms with Gasteiger partial charge in [0.1, 0.15) is 5.82 Å². The summed E-state index contributed by atoms with van der Waals surface area (Å²) in [5.41, 5.74) is 6.78. The van der Waals surface area contributed by atoms with Gasteiger partial charge in [0, 0.05) is 11.9 Å². The van der Waals surface area contributed by atoms with Crippen LogP contribution in [-0.2, 0) is 0 Å². The summed E-state index contributed by atoms with van der Waals surface area (Å²) in [5, 5.41) is 5.03. The lowest BCUT2D eigenvalue weighted by Gasteiger charge is -2.09. The first-order chi connectivity index (χ1) is 8.65. The first kappa shape index (κ1) is 11.8. The third-order valence-corrected chi connectivity index (χ3v) is 2.18. The topological polar surface area (TPSA) is 80.0 Å². The summed E-state index contributed by atoms with van der Waals surface area (Å²) in [6.45, 7) is 0. The molecule has 6 heteroatoms. The van der Waals surface area contributed by atoms with Crippen LogP contribution < -0.4 is 16.4 Å². The number of halogens is 1. The summed E-state index contributed by atoms with van der Waals surface area (Å²) in [6.07, 6.45) is 2.94. The minimum absolute atomic E-state index is 0.354. The number of nitrogen functional groups attached to an aromatic ring is 1. The van der Waals surface area contributed by atoms with Crippen LogP contribution in [0.1, 0.15) is 0 Å². The summed E-state index contributed by atoms with van der Waals surface area (Å²) >= 11 is 0. The Morgan fingerprint density at radius 3 is 2.83 bits per heavy atom. The largest absolute Gasteiger partial charge is 0.396 e. The maximum absolute atomic E-state index is 12.9. The van der Waals surface area contributed by atoms with E-state index in [2.05, 4.69) is 15.6 Å². The molecule has 92 valence electrons. The Morgan fingerprint density at radius 1 is 1.28 bits per heavy atom. The van der Waals surface area contributed by atoms with Crippen LogP contribution in [0.25, 0.3) is 0 Å². The monoisotopic (exact) mass is 246 g/mol. The van der Waals surface area contributed by atoms with Crippen LogP contribution in [0.3, 0.4) is 0 Å². The van der Waals surface area contributed by atoms with E-state index in [1.165, 1.54) is 30.6 Å². The molecule has 0 fully saturated rings. The molecule has 1 heterocycles. The number of nitrogens with zero attached hydrogens (tertiary/aromatic N) is 1. The van der Waals surface area contributed by atoms with Crippen molar-refractivity contribution in [3.63, 3.8) is 0 Å². The Kier molecular flexibility index (Phi) is 3.38. The normalized spacial score (nSPS) is 9.83. The highest BCUT2D eigenvalue weighted by Gasteiger charge is 2.05. The molecule has 0 radical (unpaired) electrons. The second-order valence-corrected chi connectivity index (χ2v) is 3.55. The first-order valence-corrected chi connectivity index (χ1v) is 5.18. The van der Waals surface area contributed by atoms with Crippen molar-refractivity contribution < 1.29 is 9.18 Å². The van der Waals surface area contributed by atoms with E-state index in [1.54, 1.807) is 12.1 Å². The summed E-state index contributed by atoms with van der Waals surface area (Å²) in [5.74, 6) is -0.420. The molecule has 1 aromatic carbocycles. The van der Waals surface area contributed by atoms with Crippen LogP contribution in [0.2, 0.25) is 0 Å². The second kappa shape index (κ2) is 5.13. The Morgan fingerprint density at radius 2 is 2.11 bits per heavy atom. The molecule has 5 nitrogen and oxygen atoms in total. The number of rotatable bonds is 2. The Labute approximate surface area is 103 Å². The fourth-order valence-corrected chi connectivity index (χ4v) is 1.37. The average molecular weight is 246 g/mol. The molecule has 0 aliphatic heterocycles. The highest BCUT2D eigenvalue weighted by atomic mass is 19.1. The van der Waals surface area contributed by atoms with Gasteiger partial charge < -0.3 is 16.4 Å². The van der Waals surface area contributed by atoms with Gasteiger partial charge in [-0.1, -0.05) is 6.07 Å². The van der Waals surface area contributed by atoms with E-state index in [1.807, 2.05) is 0 Å². The van der Waals surface area contributed by atoms with Gasteiger partial charge >= 0.3 is 6.03 Å². The molecule has 0 aliphatic rings. The van der Waals surface area contributed by atoms with Crippen molar-refractivity contribution >= 4 is 23.1 Å². The van der Waals surface area contributed by atoms with Crippen molar-refractivity contribution in [2.45, 2.75) is 0 Å². The molecular formula is C12H11FN4O. The van der Waals surface area contributed by atoms with Crippen LogP contribution in [0.5, 0.6) is 0 Å². The molecule has 0 aliphatic carbocycles. The van der Waals surface area contributed by atoms with Crippen LogP contribution in [0.15, 0.2) is 42.7 Å². The van der Waals surface area contributed by atoms with Crippen molar-refractivity contribution in [1.29, 1.82) is 0 Å². The van der Waals surface area contributed by atoms with E-state index in [-0.39, 0.29) is 0 Å². The van der Waals surface area contributed by atoms with E-state index >= 15 is 0 Å². The van der Waals surface area contributed by atoms with Gasteiger partial charge in [-0.2, -0.15) is 0 Å². The molecule has 1 aromatic heterocycles. The molecule has 0 unspecified atom stereocenters. The number of aromatic nitrogens is 1. The number of amides is 2. The molecular weight excluding hydrogens is 235 g/mol. The zero-order valence-electron chi connectivity index (χ0n) is 9.35. The van der Waals surface area contributed by atoms with E-state index in [0.717, 1.165) is 0 Å². The lowest BCUT2D eigenvalue weighted by molar-refractivity contribution is 0.262. The zero-order chi connectivity index (χ0) is 13.0. The van der Waals surface area contributed by atoms with Crippen molar-refractivity contribution in [1.82, 2.24) is 4.98 Å². The van der Waals surface area contributed by atoms with Crippen molar-refractivity contribution in [2.24, 2.45) is 0 Å². The Bertz CT molecular complexity index is 574. The number of carbonyl (C=O) groups is 1. The predicted molar refractivity (Wildman–Crippen MR) is 67.7 cm³/mol. The number of carbonyl (C=O) groups excluding carboxylic acids is 1. The number of hydrogen-bond donors (Lipinski definition) is 3. The van der Waals surface area contributed by atoms with Gasteiger partial charge in [0.2, 0.25) is 0 Å². The van der Waals surface area contributed by atoms with Gasteiger partial charge in [0.25, 0.3) is 0 Å². The smallest absolute Gasteiger partial charge is 0.323 e. The number of benzene rings is 1. The number of nitrogens with two attached hydrogens (primary N) is 1. The van der Waals surface area contributed by atoms with E-state index in [4.69, 9.17) is 5.73 Å². The molecule has 0 atom stereocenters. The quantitative estimate of drug-likeness (QED) is 0.761. The minimum Gasteiger partial charge on any atom is -0.396 e. The van der Waals surface area contributed by atoms with Crippen LogP contribution in [0, 0.1) is 5.82 Å². The number of pyridine rings is 1. The van der Waals surface area contributed by atoms with Crippen molar-refractivity contribution in [3.05, 3.63) is 48.5 Å². The Hall–Kier alpha value is -2.63. The second-order valence-electron chi connectivity index (χ2n) is 3.55. The molecule has 18 heavy (non-hydrogen) atoms. The molecule has 2 aromatic rings. The number of nitrogens with one attached hydrogen (secondary N) is 2. The summed E-state index contributed by atoms with van der Waals surface area (Å²) in [4.78, 5) is 15.4. The summed E-state index contributed by atoms with van der Waals surface area (Å²) in [6, 6.07) is 6.67. The van der Waals surface area contributed by atoms with Gasteiger partial charge in [-0.05, 0) is 24.3 Å². The SMILES string of the molecule is Nc1cnccc1NC(=O)Nc1cccc(F)c1. The van der Waals surface area contributed by atoms with E-state index < -0.39 is 11.8 Å². The predicted octanol–water partition coefficient (Wildman–Crippen LogP) is 2.45. The molecule has 0 saturated carbocycles. The zero-order valence-corrected chi connectivity index (χ0v) is 9.35. The number of anilines is 3. The number of urea groups is 1. The third-order valence-electron chi connectivity index (χ3n) is 2.18. The molecule has 2 rings (SSSR count). The standard InChI is InChI=1S/C12H11FN4O/c13-8-2-1-3-9(6-8)16-12(18)17-11-4-5-15-7-10(11)14/h1-7H,14H2,(H2,15,16,17,18). The highest BCUT2D eigenvalue weighted by molar-refractivity contribution is 6.01. The molecule has 0 bridgehead atoms. The molecule has 0 spiro atoms. The third kappa shape index (κ3) is 2.94. The fourth-order valence-electron chi connectivity index (χ4n) is 1.37. The Balaban J connectivity index is 2.03. The van der Waals surface area contributed by atoms with Crippen LogP contribution in [-0.4, -0.2) is 11.0 Å².